The lowest BCUT2D eigenvalue weighted by molar-refractivity contribution is -0.143. The van der Waals surface area contributed by atoms with Gasteiger partial charge >= 0.3 is 5.97 Å². The molecule has 0 amide bonds. The number of carboxylic acid groups (broad SMARTS) is 1. The molecule has 0 heterocycles. The normalized spacial score (nSPS) is 13.2. The topological polar surface area (TPSA) is 74.7 Å². The van der Waals surface area contributed by atoms with Crippen LogP contribution >= 0.6 is 11.6 Å². The molecule has 2 rings (SSSR count). The zero-order valence-electron chi connectivity index (χ0n) is 14.0. The van der Waals surface area contributed by atoms with Gasteiger partial charge in [0.1, 0.15) is 6.04 Å². The van der Waals surface area contributed by atoms with E-state index in [-0.39, 0.29) is 11.4 Å². The van der Waals surface area contributed by atoms with E-state index in [0.29, 0.717) is 10.6 Å². The summed E-state index contributed by atoms with van der Waals surface area (Å²) < 4.78 is 27.3. The van der Waals surface area contributed by atoms with E-state index in [2.05, 4.69) is 0 Å². The highest BCUT2D eigenvalue weighted by atomic mass is 35.5. The number of carbonyl (C=O) groups is 1. The fraction of sp³-hybridized carbons (Fsp3) is 0.278. The molecule has 0 unspecified atom stereocenters. The number of halogens is 1. The third-order valence-corrected chi connectivity index (χ3v) is 5.89. The lowest BCUT2D eigenvalue weighted by Crippen LogP contribution is -2.47. The first-order valence-electron chi connectivity index (χ1n) is 7.77. The minimum atomic E-state index is -4.01. The average Bonchev–Trinajstić information content (AvgIpc) is 2.55. The van der Waals surface area contributed by atoms with Crippen LogP contribution < -0.4 is 0 Å². The molecular formula is C18H20ClNO4S. The van der Waals surface area contributed by atoms with E-state index in [1.54, 1.807) is 38.1 Å². The summed E-state index contributed by atoms with van der Waals surface area (Å²) in [6.07, 6.45) is 0. The fourth-order valence-corrected chi connectivity index (χ4v) is 4.41. The summed E-state index contributed by atoms with van der Waals surface area (Å²) in [6.45, 7) is 3.35. The molecule has 2 aromatic rings. The SMILES string of the molecule is CC(C)[C@@H](C(=O)O)N(Cc1ccccc1)S(=O)(=O)c1ccc(Cl)cc1. The molecule has 0 radical (unpaired) electrons. The molecular weight excluding hydrogens is 362 g/mol. The van der Waals surface area contributed by atoms with Crippen LogP contribution in [0.1, 0.15) is 19.4 Å². The van der Waals surface area contributed by atoms with Gasteiger partial charge in [0, 0.05) is 11.6 Å². The summed E-state index contributed by atoms with van der Waals surface area (Å²) in [5, 5.41) is 10.0. The molecule has 0 saturated heterocycles. The van der Waals surface area contributed by atoms with Gasteiger partial charge < -0.3 is 5.11 Å². The van der Waals surface area contributed by atoms with Crippen LogP contribution in [0.5, 0.6) is 0 Å². The molecule has 134 valence electrons. The van der Waals surface area contributed by atoms with Crippen molar-refractivity contribution in [2.75, 3.05) is 0 Å². The molecule has 2 aromatic carbocycles. The second-order valence-electron chi connectivity index (χ2n) is 6.02. The van der Waals surface area contributed by atoms with Crippen molar-refractivity contribution in [2.45, 2.75) is 31.3 Å². The predicted octanol–water partition coefficient (Wildman–Crippen LogP) is 3.64. The van der Waals surface area contributed by atoms with Gasteiger partial charge in [-0.05, 0) is 35.7 Å². The van der Waals surface area contributed by atoms with Gasteiger partial charge in [0.2, 0.25) is 10.0 Å². The molecule has 0 aliphatic carbocycles. The number of aliphatic carboxylic acids is 1. The van der Waals surface area contributed by atoms with Crippen molar-refractivity contribution in [2.24, 2.45) is 5.92 Å². The first kappa shape index (κ1) is 19.4. The third kappa shape index (κ3) is 4.60. The minimum absolute atomic E-state index is 0.0136. The van der Waals surface area contributed by atoms with Crippen molar-refractivity contribution < 1.29 is 18.3 Å². The summed E-state index contributed by atoms with van der Waals surface area (Å²) in [4.78, 5) is 11.8. The molecule has 0 fully saturated rings. The van der Waals surface area contributed by atoms with Crippen LogP contribution in [-0.4, -0.2) is 29.8 Å². The number of sulfonamides is 1. The van der Waals surface area contributed by atoms with Gasteiger partial charge in [-0.15, -0.1) is 0 Å². The lowest BCUT2D eigenvalue weighted by Gasteiger charge is -2.30. The van der Waals surface area contributed by atoms with Crippen LogP contribution in [0.3, 0.4) is 0 Å². The number of nitrogens with zero attached hydrogens (tertiary/aromatic N) is 1. The molecule has 1 atom stereocenters. The van der Waals surface area contributed by atoms with Crippen molar-refractivity contribution in [3.8, 4) is 0 Å². The zero-order valence-corrected chi connectivity index (χ0v) is 15.5. The van der Waals surface area contributed by atoms with Crippen LogP contribution in [-0.2, 0) is 21.4 Å². The Balaban J connectivity index is 2.52. The first-order chi connectivity index (χ1) is 11.7. The second-order valence-corrected chi connectivity index (χ2v) is 8.34. The maximum atomic E-state index is 13.1. The van der Waals surface area contributed by atoms with Crippen LogP contribution in [0.2, 0.25) is 5.02 Å². The highest BCUT2D eigenvalue weighted by Crippen LogP contribution is 2.25. The molecule has 0 aromatic heterocycles. The maximum absolute atomic E-state index is 13.1. The van der Waals surface area contributed by atoms with E-state index in [9.17, 15) is 18.3 Å². The Hall–Kier alpha value is -1.89. The van der Waals surface area contributed by atoms with Crippen LogP contribution in [0.4, 0.5) is 0 Å². The molecule has 1 N–H and O–H groups in total. The molecule has 0 bridgehead atoms. The Morgan fingerprint density at radius 3 is 2.12 bits per heavy atom. The van der Waals surface area contributed by atoms with Gasteiger partial charge in [0.05, 0.1) is 4.90 Å². The van der Waals surface area contributed by atoms with Crippen molar-refractivity contribution in [1.82, 2.24) is 4.31 Å². The predicted molar refractivity (Wildman–Crippen MR) is 96.9 cm³/mol. The number of hydrogen-bond donors (Lipinski definition) is 1. The summed E-state index contributed by atoms with van der Waals surface area (Å²) in [7, 11) is -4.01. The standard InChI is InChI=1S/C18H20ClNO4S/c1-13(2)17(18(21)22)20(12-14-6-4-3-5-7-14)25(23,24)16-10-8-15(19)9-11-16/h3-11,13,17H,12H2,1-2H3,(H,21,22)/t17-/m0/s1. The number of benzene rings is 2. The quantitative estimate of drug-likeness (QED) is 0.794. The summed E-state index contributed by atoms with van der Waals surface area (Å²) >= 11 is 5.83. The van der Waals surface area contributed by atoms with Gasteiger partial charge in [-0.2, -0.15) is 4.31 Å². The summed E-state index contributed by atoms with van der Waals surface area (Å²) in [5.74, 6) is -1.58. The summed E-state index contributed by atoms with van der Waals surface area (Å²) in [5.41, 5.74) is 0.715. The van der Waals surface area contributed by atoms with Crippen molar-refractivity contribution in [3.63, 3.8) is 0 Å². The number of carboxylic acids is 1. The van der Waals surface area contributed by atoms with Gasteiger partial charge in [0.15, 0.2) is 0 Å². The highest BCUT2D eigenvalue weighted by Gasteiger charge is 2.37. The Morgan fingerprint density at radius 1 is 1.08 bits per heavy atom. The number of rotatable bonds is 7. The molecule has 0 aliphatic heterocycles. The molecule has 0 spiro atoms. The fourth-order valence-electron chi connectivity index (χ4n) is 2.58. The molecule has 5 nitrogen and oxygen atoms in total. The van der Waals surface area contributed by atoms with Gasteiger partial charge in [-0.1, -0.05) is 55.8 Å². The Morgan fingerprint density at radius 2 is 1.64 bits per heavy atom. The highest BCUT2D eigenvalue weighted by molar-refractivity contribution is 7.89. The Bertz CT molecular complexity index is 820. The van der Waals surface area contributed by atoms with Crippen molar-refractivity contribution in [1.29, 1.82) is 0 Å². The second kappa shape index (κ2) is 7.99. The average molecular weight is 382 g/mol. The lowest BCUT2D eigenvalue weighted by atomic mass is 10.0. The third-order valence-electron chi connectivity index (χ3n) is 3.80. The van der Waals surface area contributed by atoms with E-state index in [1.807, 2.05) is 6.07 Å². The van der Waals surface area contributed by atoms with E-state index in [0.717, 1.165) is 4.31 Å². The van der Waals surface area contributed by atoms with Gasteiger partial charge in [-0.3, -0.25) is 4.79 Å². The van der Waals surface area contributed by atoms with Crippen molar-refractivity contribution >= 4 is 27.6 Å². The number of hydrogen-bond acceptors (Lipinski definition) is 3. The Kier molecular flexibility index (Phi) is 6.21. The minimum Gasteiger partial charge on any atom is -0.480 e. The van der Waals surface area contributed by atoms with Crippen LogP contribution in [0.15, 0.2) is 59.5 Å². The van der Waals surface area contributed by atoms with E-state index in [1.165, 1.54) is 24.3 Å². The smallest absolute Gasteiger partial charge is 0.322 e. The van der Waals surface area contributed by atoms with E-state index >= 15 is 0 Å². The maximum Gasteiger partial charge on any atom is 0.322 e. The monoisotopic (exact) mass is 381 g/mol. The molecule has 0 aliphatic rings. The van der Waals surface area contributed by atoms with Gasteiger partial charge in [0.25, 0.3) is 0 Å². The van der Waals surface area contributed by atoms with Gasteiger partial charge in [-0.25, -0.2) is 8.42 Å². The van der Waals surface area contributed by atoms with Crippen molar-refractivity contribution in [3.05, 3.63) is 65.2 Å². The van der Waals surface area contributed by atoms with E-state index in [4.69, 9.17) is 11.6 Å². The first-order valence-corrected chi connectivity index (χ1v) is 9.59. The van der Waals surface area contributed by atoms with E-state index < -0.39 is 28.0 Å². The zero-order chi connectivity index (χ0) is 18.6. The molecule has 0 saturated carbocycles. The van der Waals surface area contributed by atoms with Crippen LogP contribution in [0, 0.1) is 5.92 Å². The van der Waals surface area contributed by atoms with Crippen LogP contribution in [0.25, 0.3) is 0 Å². The Labute approximate surface area is 152 Å². The molecule has 25 heavy (non-hydrogen) atoms. The summed E-state index contributed by atoms with van der Waals surface area (Å²) in [6, 6.07) is 13.5. The molecule has 7 heteroatoms. The largest absolute Gasteiger partial charge is 0.480 e.